The third kappa shape index (κ3) is 2.98. The maximum absolute atomic E-state index is 13.1. The summed E-state index contributed by atoms with van der Waals surface area (Å²) >= 11 is 0. The second kappa shape index (κ2) is 6.59. The van der Waals surface area contributed by atoms with E-state index in [9.17, 15) is 4.79 Å². The van der Waals surface area contributed by atoms with E-state index < -0.39 is 0 Å². The SMILES string of the molecule is CNc1cc([C@H]2CCCN2C(=O)c2ccnn2C(C)C)nc(C)n1. The molecule has 1 saturated heterocycles. The molecule has 1 N–H and O–H groups in total. The third-order valence-corrected chi connectivity index (χ3v) is 4.35. The van der Waals surface area contributed by atoms with Crippen molar-refractivity contribution in [2.45, 2.75) is 45.7 Å². The molecule has 2 aromatic heterocycles. The monoisotopic (exact) mass is 328 g/mol. The first-order chi connectivity index (χ1) is 11.5. The minimum atomic E-state index is -0.0122. The Morgan fingerprint density at radius 3 is 2.88 bits per heavy atom. The molecule has 3 rings (SSSR count). The van der Waals surface area contributed by atoms with Crippen LogP contribution in [0, 0.1) is 6.92 Å². The van der Waals surface area contributed by atoms with Crippen LogP contribution < -0.4 is 5.32 Å². The first kappa shape index (κ1) is 16.4. The van der Waals surface area contributed by atoms with E-state index >= 15 is 0 Å². The number of amides is 1. The van der Waals surface area contributed by atoms with Gasteiger partial charge in [0.25, 0.3) is 5.91 Å². The number of hydrogen-bond donors (Lipinski definition) is 1. The average molecular weight is 328 g/mol. The minimum Gasteiger partial charge on any atom is -0.373 e. The summed E-state index contributed by atoms with van der Waals surface area (Å²) in [5.41, 5.74) is 1.53. The van der Waals surface area contributed by atoms with Gasteiger partial charge < -0.3 is 10.2 Å². The Morgan fingerprint density at radius 1 is 1.38 bits per heavy atom. The van der Waals surface area contributed by atoms with Gasteiger partial charge in [0.1, 0.15) is 17.3 Å². The van der Waals surface area contributed by atoms with Crippen molar-refractivity contribution in [2.75, 3.05) is 18.9 Å². The molecule has 0 spiro atoms. The summed E-state index contributed by atoms with van der Waals surface area (Å²) in [7, 11) is 1.84. The Balaban J connectivity index is 1.92. The Labute approximate surface area is 142 Å². The number of carbonyl (C=O) groups is 1. The van der Waals surface area contributed by atoms with Crippen LogP contribution in [0.3, 0.4) is 0 Å². The van der Waals surface area contributed by atoms with E-state index in [1.807, 2.05) is 38.8 Å². The van der Waals surface area contributed by atoms with Crippen LogP contribution in [-0.4, -0.2) is 44.1 Å². The fourth-order valence-corrected chi connectivity index (χ4v) is 3.25. The molecule has 1 atom stereocenters. The zero-order valence-electron chi connectivity index (χ0n) is 14.7. The van der Waals surface area contributed by atoms with E-state index in [4.69, 9.17) is 0 Å². The van der Waals surface area contributed by atoms with Gasteiger partial charge >= 0.3 is 0 Å². The molecule has 1 aliphatic rings. The highest BCUT2D eigenvalue weighted by atomic mass is 16.2. The fraction of sp³-hybridized carbons (Fsp3) is 0.529. The van der Waals surface area contributed by atoms with Crippen molar-refractivity contribution in [3.8, 4) is 0 Å². The lowest BCUT2D eigenvalue weighted by Gasteiger charge is -2.25. The van der Waals surface area contributed by atoms with Gasteiger partial charge in [-0.25, -0.2) is 9.97 Å². The van der Waals surface area contributed by atoms with Crippen molar-refractivity contribution in [1.29, 1.82) is 0 Å². The summed E-state index contributed by atoms with van der Waals surface area (Å²) in [4.78, 5) is 23.9. The highest BCUT2D eigenvalue weighted by Crippen LogP contribution is 2.33. The molecule has 1 fully saturated rings. The van der Waals surface area contributed by atoms with Gasteiger partial charge in [0, 0.05) is 31.9 Å². The number of likely N-dealkylation sites (tertiary alicyclic amines) is 1. The average Bonchev–Trinajstić information content (AvgIpc) is 3.22. The van der Waals surface area contributed by atoms with Gasteiger partial charge in [-0.2, -0.15) is 5.10 Å². The molecule has 128 valence electrons. The Kier molecular flexibility index (Phi) is 4.51. The maximum Gasteiger partial charge on any atom is 0.272 e. The van der Waals surface area contributed by atoms with Gasteiger partial charge in [-0.05, 0) is 39.7 Å². The van der Waals surface area contributed by atoms with E-state index in [0.29, 0.717) is 11.5 Å². The van der Waals surface area contributed by atoms with E-state index in [0.717, 1.165) is 30.9 Å². The number of nitrogens with zero attached hydrogens (tertiary/aromatic N) is 5. The summed E-state index contributed by atoms with van der Waals surface area (Å²) in [6, 6.07) is 3.87. The highest BCUT2D eigenvalue weighted by molar-refractivity contribution is 5.93. The van der Waals surface area contributed by atoms with Crippen LogP contribution in [0.1, 0.15) is 60.8 Å². The van der Waals surface area contributed by atoms with Gasteiger partial charge in [0.15, 0.2) is 0 Å². The van der Waals surface area contributed by atoms with Gasteiger partial charge in [-0.1, -0.05) is 0 Å². The molecule has 0 unspecified atom stereocenters. The number of aromatic nitrogens is 4. The molecule has 2 aromatic rings. The molecule has 3 heterocycles. The number of rotatable bonds is 4. The lowest BCUT2D eigenvalue weighted by Crippen LogP contribution is -2.33. The standard InChI is InChI=1S/C17H24N6O/c1-11(2)23-15(7-8-19-23)17(24)22-9-5-6-14(22)13-10-16(18-4)21-12(3)20-13/h7-8,10-11,14H,5-6,9H2,1-4H3,(H,18,20,21)/t14-/m1/s1. The number of nitrogens with one attached hydrogen (secondary N) is 1. The summed E-state index contributed by atoms with van der Waals surface area (Å²) in [6.07, 6.45) is 3.58. The minimum absolute atomic E-state index is 0.0122. The molecule has 7 heteroatoms. The summed E-state index contributed by atoms with van der Waals surface area (Å²) < 4.78 is 1.78. The van der Waals surface area contributed by atoms with Crippen LogP contribution >= 0.6 is 0 Å². The number of carbonyl (C=O) groups excluding carboxylic acids is 1. The number of hydrogen-bond acceptors (Lipinski definition) is 5. The van der Waals surface area contributed by atoms with E-state index in [1.165, 1.54) is 0 Å². The van der Waals surface area contributed by atoms with Crippen LogP contribution in [0.25, 0.3) is 0 Å². The van der Waals surface area contributed by atoms with E-state index in [-0.39, 0.29) is 18.0 Å². The predicted octanol–water partition coefficient (Wildman–Crippen LogP) is 2.58. The summed E-state index contributed by atoms with van der Waals surface area (Å²) in [5, 5.41) is 7.34. The lowest BCUT2D eigenvalue weighted by molar-refractivity contribution is 0.0718. The fourth-order valence-electron chi connectivity index (χ4n) is 3.25. The smallest absolute Gasteiger partial charge is 0.272 e. The summed E-state index contributed by atoms with van der Waals surface area (Å²) in [5.74, 6) is 1.51. The van der Waals surface area contributed by atoms with Crippen molar-refractivity contribution in [3.05, 3.63) is 35.5 Å². The number of anilines is 1. The second-order valence-electron chi connectivity index (χ2n) is 6.39. The lowest BCUT2D eigenvalue weighted by atomic mass is 10.1. The molecular weight excluding hydrogens is 304 g/mol. The van der Waals surface area contributed by atoms with Gasteiger partial charge in [0.05, 0.1) is 11.7 Å². The topological polar surface area (TPSA) is 75.9 Å². The van der Waals surface area contributed by atoms with Crippen molar-refractivity contribution in [1.82, 2.24) is 24.6 Å². The van der Waals surface area contributed by atoms with Gasteiger partial charge in [-0.3, -0.25) is 9.48 Å². The number of aryl methyl sites for hydroxylation is 1. The molecule has 7 nitrogen and oxygen atoms in total. The molecule has 24 heavy (non-hydrogen) atoms. The quantitative estimate of drug-likeness (QED) is 0.933. The first-order valence-corrected chi connectivity index (χ1v) is 8.39. The van der Waals surface area contributed by atoms with Crippen molar-refractivity contribution in [2.24, 2.45) is 0 Å². The van der Waals surface area contributed by atoms with Gasteiger partial charge in [-0.15, -0.1) is 0 Å². The molecule has 1 amide bonds. The van der Waals surface area contributed by atoms with Crippen LogP contribution in [0.4, 0.5) is 5.82 Å². The van der Waals surface area contributed by atoms with E-state index in [2.05, 4.69) is 20.4 Å². The van der Waals surface area contributed by atoms with Crippen molar-refractivity contribution < 1.29 is 4.79 Å². The molecule has 0 radical (unpaired) electrons. The Bertz CT molecular complexity index is 738. The van der Waals surface area contributed by atoms with Crippen LogP contribution in [0.15, 0.2) is 18.3 Å². The Hall–Kier alpha value is -2.44. The zero-order valence-corrected chi connectivity index (χ0v) is 14.7. The van der Waals surface area contributed by atoms with Crippen molar-refractivity contribution in [3.63, 3.8) is 0 Å². The van der Waals surface area contributed by atoms with Crippen LogP contribution in [-0.2, 0) is 0 Å². The highest BCUT2D eigenvalue weighted by Gasteiger charge is 2.33. The molecule has 0 bridgehead atoms. The zero-order chi connectivity index (χ0) is 17.3. The predicted molar refractivity (Wildman–Crippen MR) is 91.9 cm³/mol. The van der Waals surface area contributed by atoms with Gasteiger partial charge in [0.2, 0.25) is 0 Å². The van der Waals surface area contributed by atoms with Crippen LogP contribution in [0.2, 0.25) is 0 Å². The molecule has 1 aliphatic heterocycles. The summed E-state index contributed by atoms with van der Waals surface area (Å²) in [6.45, 7) is 6.67. The normalized spacial score (nSPS) is 17.5. The van der Waals surface area contributed by atoms with Crippen LogP contribution in [0.5, 0.6) is 0 Å². The maximum atomic E-state index is 13.1. The second-order valence-corrected chi connectivity index (χ2v) is 6.39. The largest absolute Gasteiger partial charge is 0.373 e. The first-order valence-electron chi connectivity index (χ1n) is 8.39. The van der Waals surface area contributed by atoms with Crippen molar-refractivity contribution >= 4 is 11.7 Å². The third-order valence-electron chi connectivity index (χ3n) is 4.35. The molecule has 0 aromatic carbocycles. The molecular formula is C17H24N6O. The molecule has 0 saturated carbocycles. The Morgan fingerprint density at radius 2 is 2.17 bits per heavy atom. The molecule has 0 aliphatic carbocycles. The van der Waals surface area contributed by atoms with E-state index in [1.54, 1.807) is 16.9 Å².